The maximum absolute atomic E-state index is 11.9. The summed E-state index contributed by atoms with van der Waals surface area (Å²) in [6, 6.07) is 0. The highest BCUT2D eigenvalue weighted by molar-refractivity contribution is 5.88. The third-order valence-electron chi connectivity index (χ3n) is 4.35. The molecule has 0 aromatic carbocycles. The van der Waals surface area contributed by atoms with Gasteiger partial charge < -0.3 is 0 Å². The zero-order valence-electron chi connectivity index (χ0n) is 7.84. The first-order valence-corrected chi connectivity index (χ1v) is 5.14. The van der Waals surface area contributed by atoms with Gasteiger partial charge in [0.15, 0.2) is 0 Å². The molecule has 1 heteroatoms. The van der Waals surface area contributed by atoms with E-state index in [1.807, 2.05) is 0 Å². The van der Waals surface area contributed by atoms with E-state index in [2.05, 4.69) is 13.8 Å². The number of ketones is 1. The van der Waals surface area contributed by atoms with Gasteiger partial charge in [0.1, 0.15) is 5.78 Å². The lowest BCUT2D eigenvalue weighted by atomic mass is 9.68. The Balaban J connectivity index is 1.98. The lowest BCUT2D eigenvalue weighted by Crippen LogP contribution is -2.37. The van der Waals surface area contributed by atoms with E-state index in [0.29, 0.717) is 11.7 Å². The van der Waals surface area contributed by atoms with Crippen LogP contribution in [0.4, 0.5) is 0 Å². The highest BCUT2D eigenvalue weighted by Gasteiger charge is 2.62. The van der Waals surface area contributed by atoms with Crippen LogP contribution in [0.15, 0.2) is 0 Å². The molecule has 4 atom stereocenters. The van der Waals surface area contributed by atoms with Gasteiger partial charge >= 0.3 is 0 Å². The molecule has 0 unspecified atom stereocenters. The van der Waals surface area contributed by atoms with Crippen LogP contribution in [0.2, 0.25) is 0 Å². The van der Waals surface area contributed by atoms with Crippen LogP contribution in [-0.2, 0) is 4.79 Å². The fourth-order valence-corrected chi connectivity index (χ4v) is 3.71. The Bertz CT molecular complexity index is 254. The number of rotatable bonds is 0. The first kappa shape index (κ1) is 7.11. The van der Waals surface area contributed by atoms with Crippen molar-refractivity contribution < 1.29 is 4.79 Å². The average molecular weight is 164 g/mol. The number of hydrogen-bond donors (Lipinski definition) is 0. The lowest BCUT2D eigenvalue weighted by molar-refractivity contribution is -0.135. The molecule has 0 saturated heterocycles. The van der Waals surface area contributed by atoms with Crippen LogP contribution in [0.1, 0.15) is 33.1 Å². The summed E-state index contributed by atoms with van der Waals surface area (Å²) in [5, 5.41) is 0. The van der Waals surface area contributed by atoms with Crippen molar-refractivity contribution in [3.63, 3.8) is 0 Å². The second-order valence-corrected chi connectivity index (χ2v) is 5.62. The molecule has 3 aliphatic carbocycles. The molecule has 0 aliphatic heterocycles. The van der Waals surface area contributed by atoms with Crippen LogP contribution in [0.25, 0.3) is 0 Å². The summed E-state index contributed by atoms with van der Waals surface area (Å²) in [6.07, 6.45) is 3.78. The Morgan fingerprint density at radius 1 is 1.25 bits per heavy atom. The van der Waals surface area contributed by atoms with E-state index in [-0.39, 0.29) is 5.41 Å². The third-order valence-corrected chi connectivity index (χ3v) is 4.35. The van der Waals surface area contributed by atoms with Crippen molar-refractivity contribution in [2.75, 3.05) is 0 Å². The van der Waals surface area contributed by atoms with Gasteiger partial charge in [-0.3, -0.25) is 4.79 Å². The summed E-state index contributed by atoms with van der Waals surface area (Å²) < 4.78 is 0. The van der Waals surface area contributed by atoms with Crippen molar-refractivity contribution in [1.29, 1.82) is 0 Å². The van der Waals surface area contributed by atoms with Gasteiger partial charge in [-0.05, 0) is 37.0 Å². The molecule has 12 heavy (non-hydrogen) atoms. The second kappa shape index (κ2) is 1.78. The molecule has 3 aliphatic rings. The van der Waals surface area contributed by atoms with Crippen LogP contribution in [-0.4, -0.2) is 5.78 Å². The van der Waals surface area contributed by atoms with Gasteiger partial charge in [0.05, 0.1) is 0 Å². The molecule has 3 rings (SSSR count). The van der Waals surface area contributed by atoms with Crippen molar-refractivity contribution in [3.8, 4) is 0 Å². The van der Waals surface area contributed by atoms with E-state index in [4.69, 9.17) is 0 Å². The van der Waals surface area contributed by atoms with Crippen molar-refractivity contribution >= 4 is 5.78 Å². The average Bonchev–Trinajstić information content (AvgIpc) is 2.69. The zero-order valence-corrected chi connectivity index (χ0v) is 7.84. The zero-order chi connectivity index (χ0) is 8.51. The topological polar surface area (TPSA) is 17.1 Å². The molecule has 3 saturated carbocycles. The monoisotopic (exact) mass is 164 g/mol. The van der Waals surface area contributed by atoms with E-state index < -0.39 is 0 Å². The lowest BCUT2D eigenvalue weighted by Gasteiger charge is -2.35. The second-order valence-electron chi connectivity index (χ2n) is 5.62. The standard InChI is InChI=1S/C11H16O/c1-11(2)5-6-3-9(10(11)12)8-4-7(6)8/h6-9H,3-5H2,1-2H3/t6-,7+,8+,9-/m1/s1. The van der Waals surface area contributed by atoms with E-state index in [1.54, 1.807) is 0 Å². The maximum Gasteiger partial charge on any atom is 0.141 e. The van der Waals surface area contributed by atoms with Crippen molar-refractivity contribution in [2.24, 2.45) is 29.1 Å². The Morgan fingerprint density at radius 3 is 2.75 bits per heavy atom. The third kappa shape index (κ3) is 0.681. The first-order chi connectivity index (χ1) is 5.59. The summed E-state index contributed by atoms with van der Waals surface area (Å²) >= 11 is 0. The van der Waals surface area contributed by atoms with Gasteiger partial charge in [0.25, 0.3) is 0 Å². The number of carbonyl (C=O) groups excluding carboxylic acids is 1. The summed E-state index contributed by atoms with van der Waals surface area (Å²) in [4.78, 5) is 11.9. The summed E-state index contributed by atoms with van der Waals surface area (Å²) in [6.45, 7) is 4.28. The van der Waals surface area contributed by atoms with Crippen molar-refractivity contribution in [1.82, 2.24) is 0 Å². The molecule has 2 bridgehead atoms. The molecule has 0 heterocycles. The van der Waals surface area contributed by atoms with E-state index in [9.17, 15) is 4.79 Å². The molecule has 0 radical (unpaired) electrons. The molecule has 0 spiro atoms. The maximum atomic E-state index is 11.9. The molecular formula is C11H16O. The molecule has 0 amide bonds. The predicted octanol–water partition coefficient (Wildman–Crippen LogP) is 2.26. The largest absolute Gasteiger partial charge is 0.299 e. The molecule has 66 valence electrons. The van der Waals surface area contributed by atoms with Crippen LogP contribution in [0, 0.1) is 29.1 Å². The van der Waals surface area contributed by atoms with E-state index in [1.165, 1.54) is 19.3 Å². The quantitative estimate of drug-likeness (QED) is 0.536. The van der Waals surface area contributed by atoms with Crippen molar-refractivity contribution in [2.45, 2.75) is 33.1 Å². The molecule has 0 aromatic rings. The Morgan fingerprint density at radius 2 is 2.00 bits per heavy atom. The van der Waals surface area contributed by atoms with Gasteiger partial charge in [-0.25, -0.2) is 0 Å². The first-order valence-electron chi connectivity index (χ1n) is 5.14. The molecule has 0 N–H and O–H groups in total. The predicted molar refractivity (Wildman–Crippen MR) is 46.6 cm³/mol. The van der Waals surface area contributed by atoms with Gasteiger partial charge in [-0.15, -0.1) is 0 Å². The number of fused-ring (bicyclic) bond motifs is 5. The highest BCUT2D eigenvalue weighted by atomic mass is 16.1. The number of hydrogen-bond acceptors (Lipinski definition) is 1. The molecule has 0 aromatic heterocycles. The molecular weight excluding hydrogens is 148 g/mol. The molecule has 1 nitrogen and oxygen atoms in total. The normalized spacial score (nSPS) is 53.7. The van der Waals surface area contributed by atoms with Crippen molar-refractivity contribution in [3.05, 3.63) is 0 Å². The minimum atomic E-state index is 0.0149. The Kier molecular flexibility index (Phi) is 1.06. The highest BCUT2D eigenvalue weighted by Crippen LogP contribution is 2.65. The smallest absolute Gasteiger partial charge is 0.141 e. The summed E-state index contributed by atoms with van der Waals surface area (Å²) in [7, 11) is 0. The molecule has 3 fully saturated rings. The van der Waals surface area contributed by atoms with Gasteiger partial charge in [-0.1, -0.05) is 13.8 Å². The number of Topliss-reactive ketones (excluding diaryl/α,β-unsaturated/α-hetero) is 1. The SMILES string of the molecule is CC1(C)C[C@H]2C[C@@H](C1=O)[C@H]1C[C@@H]21. The fraction of sp³-hybridized carbons (Fsp3) is 0.909. The van der Waals surface area contributed by atoms with Gasteiger partial charge in [0.2, 0.25) is 0 Å². The summed E-state index contributed by atoms with van der Waals surface area (Å²) in [5.41, 5.74) is 0.0149. The Labute approximate surface area is 73.5 Å². The van der Waals surface area contributed by atoms with E-state index in [0.717, 1.165) is 17.8 Å². The van der Waals surface area contributed by atoms with Crippen LogP contribution >= 0.6 is 0 Å². The minimum absolute atomic E-state index is 0.0149. The van der Waals surface area contributed by atoms with Gasteiger partial charge in [0, 0.05) is 11.3 Å². The van der Waals surface area contributed by atoms with Crippen LogP contribution in [0.5, 0.6) is 0 Å². The van der Waals surface area contributed by atoms with E-state index >= 15 is 0 Å². The fourth-order valence-electron chi connectivity index (χ4n) is 3.71. The Hall–Kier alpha value is -0.330. The summed E-state index contributed by atoms with van der Waals surface area (Å²) in [5.74, 6) is 3.74. The minimum Gasteiger partial charge on any atom is -0.299 e. The number of carbonyl (C=O) groups is 1. The van der Waals surface area contributed by atoms with Crippen LogP contribution in [0.3, 0.4) is 0 Å². The van der Waals surface area contributed by atoms with Crippen LogP contribution < -0.4 is 0 Å². The van der Waals surface area contributed by atoms with Gasteiger partial charge in [-0.2, -0.15) is 0 Å².